The molecular formula is C16H13N3O2. The predicted octanol–water partition coefficient (Wildman–Crippen LogP) is 3.36. The van der Waals surface area contributed by atoms with E-state index in [1.807, 2.05) is 36.4 Å². The number of ether oxygens (including phenoxy) is 1. The number of hydrogen-bond acceptors (Lipinski definition) is 5. The van der Waals surface area contributed by atoms with Gasteiger partial charge in [-0.1, -0.05) is 23.9 Å². The molecule has 0 aliphatic heterocycles. The quantitative estimate of drug-likeness (QED) is 0.670. The Morgan fingerprint density at radius 1 is 1.19 bits per heavy atom. The summed E-state index contributed by atoms with van der Waals surface area (Å²) in [6.45, 7) is 4.07. The molecule has 0 unspecified atom stereocenters. The van der Waals surface area contributed by atoms with Crippen LogP contribution in [0, 0.1) is 0 Å². The molecule has 1 aromatic carbocycles. The molecule has 2 aromatic heterocycles. The van der Waals surface area contributed by atoms with E-state index >= 15 is 0 Å². The van der Waals surface area contributed by atoms with Gasteiger partial charge in [-0.05, 0) is 30.3 Å². The highest BCUT2D eigenvalue weighted by molar-refractivity contribution is 5.60. The Bertz CT molecular complexity index is 738. The molecule has 0 N–H and O–H groups in total. The van der Waals surface area contributed by atoms with Gasteiger partial charge in [0.15, 0.2) is 0 Å². The average molecular weight is 279 g/mol. The van der Waals surface area contributed by atoms with E-state index < -0.39 is 0 Å². The first kappa shape index (κ1) is 13.1. The van der Waals surface area contributed by atoms with E-state index in [0.717, 1.165) is 16.9 Å². The molecule has 0 aliphatic carbocycles. The van der Waals surface area contributed by atoms with Gasteiger partial charge in [0, 0.05) is 23.5 Å². The third-order valence-corrected chi connectivity index (χ3v) is 2.79. The van der Waals surface area contributed by atoms with Crippen LogP contribution in [-0.2, 0) is 0 Å². The summed E-state index contributed by atoms with van der Waals surface area (Å²) in [7, 11) is 0. The summed E-state index contributed by atoms with van der Waals surface area (Å²) in [6, 6.07) is 11.2. The summed E-state index contributed by atoms with van der Waals surface area (Å²) in [6.07, 6.45) is 5.09. The molecule has 21 heavy (non-hydrogen) atoms. The molecule has 0 amide bonds. The van der Waals surface area contributed by atoms with Crippen molar-refractivity contribution in [2.45, 2.75) is 0 Å². The Morgan fingerprint density at radius 3 is 2.90 bits per heavy atom. The number of hydrogen-bond donors (Lipinski definition) is 0. The van der Waals surface area contributed by atoms with Crippen LogP contribution >= 0.6 is 0 Å². The lowest BCUT2D eigenvalue weighted by Gasteiger charge is -2.03. The van der Waals surface area contributed by atoms with Gasteiger partial charge < -0.3 is 9.26 Å². The van der Waals surface area contributed by atoms with Gasteiger partial charge in [-0.15, -0.1) is 0 Å². The average Bonchev–Trinajstić information content (AvgIpc) is 3.04. The number of rotatable bonds is 5. The van der Waals surface area contributed by atoms with Crippen molar-refractivity contribution in [1.29, 1.82) is 0 Å². The highest BCUT2D eigenvalue weighted by Gasteiger charge is 2.11. The van der Waals surface area contributed by atoms with Crippen molar-refractivity contribution < 1.29 is 9.26 Å². The Hall–Kier alpha value is -2.95. The van der Waals surface area contributed by atoms with Crippen molar-refractivity contribution in [2.24, 2.45) is 0 Å². The highest BCUT2D eigenvalue weighted by Crippen LogP contribution is 2.24. The fraction of sp³-hybridized carbons (Fsp3) is 0.0625. The van der Waals surface area contributed by atoms with Gasteiger partial charge >= 0.3 is 0 Å². The second-order valence-electron chi connectivity index (χ2n) is 4.29. The van der Waals surface area contributed by atoms with Crippen molar-refractivity contribution in [1.82, 2.24) is 15.1 Å². The summed E-state index contributed by atoms with van der Waals surface area (Å²) in [5.41, 5.74) is 1.62. The topological polar surface area (TPSA) is 61.0 Å². The molecule has 104 valence electrons. The molecule has 3 rings (SSSR count). The lowest BCUT2D eigenvalue weighted by molar-refractivity contribution is 0.363. The minimum atomic E-state index is 0.443. The van der Waals surface area contributed by atoms with E-state index in [1.165, 1.54) is 0 Å². The standard InChI is InChI=1S/C16H13N3O2/c1-2-9-20-14-7-3-5-12(10-14)16-18-15(19-21-16)13-6-4-8-17-11-13/h2-8,10-11H,1,9H2. The Balaban J connectivity index is 1.88. The summed E-state index contributed by atoms with van der Waals surface area (Å²) in [5.74, 6) is 1.68. The fourth-order valence-electron chi connectivity index (χ4n) is 1.83. The second kappa shape index (κ2) is 6.00. The molecule has 0 bridgehead atoms. The van der Waals surface area contributed by atoms with Crippen LogP contribution in [0.5, 0.6) is 5.75 Å². The fourth-order valence-corrected chi connectivity index (χ4v) is 1.83. The zero-order valence-electron chi connectivity index (χ0n) is 11.3. The van der Waals surface area contributed by atoms with Crippen LogP contribution in [0.3, 0.4) is 0 Å². The smallest absolute Gasteiger partial charge is 0.258 e. The molecule has 2 heterocycles. The van der Waals surface area contributed by atoms with Gasteiger partial charge in [0.1, 0.15) is 12.4 Å². The van der Waals surface area contributed by atoms with Crippen LogP contribution < -0.4 is 4.74 Å². The molecule has 0 spiro atoms. The van der Waals surface area contributed by atoms with E-state index in [0.29, 0.717) is 18.3 Å². The molecular weight excluding hydrogens is 266 g/mol. The second-order valence-corrected chi connectivity index (χ2v) is 4.29. The van der Waals surface area contributed by atoms with Crippen LogP contribution in [0.2, 0.25) is 0 Å². The number of aromatic nitrogens is 3. The first-order valence-corrected chi connectivity index (χ1v) is 6.45. The van der Waals surface area contributed by atoms with E-state index in [4.69, 9.17) is 9.26 Å². The lowest BCUT2D eigenvalue weighted by Crippen LogP contribution is -1.92. The molecule has 0 aliphatic rings. The zero-order chi connectivity index (χ0) is 14.5. The summed E-state index contributed by atoms with van der Waals surface area (Å²) >= 11 is 0. The van der Waals surface area contributed by atoms with Gasteiger partial charge in [0.25, 0.3) is 5.89 Å². The Morgan fingerprint density at radius 2 is 2.10 bits per heavy atom. The molecule has 5 heteroatoms. The van der Waals surface area contributed by atoms with Crippen LogP contribution in [0.4, 0.5) is 0 Å². The van der Waals surface area contributed by atoms with Gasteiger partial charge in [0.2, 0.25) is 5.82 Å². The molecule has 5 nitrogen and oxygen atoms in total. The summed E-state index contributed by atoms with van der Waals surface area (Å²) < 4.78 is 10.8. The van der Waals surface area contributed by atoms with E-state index in [1.54, 1.807) is 18.5 Å². The monoisotopic (exact) mass is 279 g/mol. The SMILES string of the molecule is C=CCOc1cccc(-c2nc(-c3cccnc3)no2)c1. The first-order valence-electron chi connectivity index (χ1n) is 6.45. The van der Waals surface area contributed by atoms with Gasteiger partial charge in [-0.25, -0.2) is 0 Å². The predicted molar refractivity (Wildman–Crippen MR) is 78.7 cm³/mol. The molecule has 3 aromatic rings. The van der Waals surface area contributed by atoms with Crippen molar-refractivity contribution in [3.63, 3.8) is 0 Å². The number of benzene rings is 1. The maximum absolute atomic E-state index is 5.49. The van der Waals surface area contributed by atoms with Crippen LogP contribution in [0.1, 0.15) is 0 Å². The van der Waals surface area contributed by atoms with Crippen molar-refractivity contribution in [2.75, 3.05) is 6.61 Å². The minimum Gasteiger partial charge on any atom is -0.490 e. The normalized spacial score (nSPS) is 10.3. The first-order chi connectivity index (χ1) is 10.4. The third-order valence-electron chi connectivity index (χ3n) is 2.79. The van der Waals surface area contributed by atoms with Gasteiger partial charge in [-0.2, -0.15) is 4.98 Å². The molecule has 0 saturated heterocycles. The molecule has 0 fully saturated rings. The summed E-state index contributed by atoms with van der Waals surface area (Å²) in [5, 5.41) is 3.97. The molecule has 0 radical (unpaired) electrons. The van der Waals surface area contributed by atoms with Crippen LogP contribution in [0.15, 0.2) is 66.0 Å². The van der Waals surface area contributed by atoms with Crippen LogP contribution in [-0.4, -0.2) is 21.7 Å². The van der Waals surface area contributed by atoms with E-state index in [-0.39, 0.29) is 0 Å². The largest absolute Gasteiger partial charge is 0.490 e. The number of nitrogens with zero attached hydrogens (tertiary/aromatic N) is 3. The maximum atomic E-state index is 5.49. The minimum absolute atomic E-state index is 0.443. The Kier molecular flexibility index (Phi) is 3.73. The number of pyridine rings is 1. The van der Waals surface area contributed by atoms with Gasteiger partial charge in [0.05, 0.1) is 0 Å². The van der Waals surface area contributed by atoms with Crippen molar-refractivity contribution >= 4 is 0 Å². The summed E-state index contributed by atoms with van der Waals surface area (Å²) in [4.78, 5) is 8.42. The maximum Gasteiger partial charge on any atom is 0.258 e. The highest BCUT2D eigenvalue weighted by atomic mass is 16.5. The zero-order valence-corrected chi connectivity index (χ0v) is 11.3. The van der Waals surface area contributed by atoms with Crippen LogP contribution in [0.25, 0.3) is 22.8 Å². The van der Waals surface area contributed by atoms with Crippen molar-refractivity contribution in [3.8, 4) is 28.6 Å². The molecule has 0 atom stereocenters. The van der Waals surface area contributed by atoms with Crippen molar-refractivity contribution in [3.05, 3.63) is 61.4 Å². The van der Waals surface area contributed by atoms with E-state index in [9.17, 15) is 0 Å². The van der Waals surface area contributed by atoms with Gasteiger partial charge in [-0.3, -0.25) is 4.98 Å². The Labute approximate surface area is 121 Å². The lowest BCUT2D eigenvalue weighted by atomic mass is 10.2. The third kappa shape index (κ3) is 2.97. The van der Waals surface area contributed by atoms with E-state index in [2.05, 4.69) is 21.7 Å². The molecule has 0 saturated carbocycles.